The van der Waals surface area contributed by atoms with Crippen LogP contribution in [0, 0.1) is 29.9 Å². The van der Waals surface area contributed by atoms with Crippen LogP contribution in [0.2, 0.25) is 0 Å². The number of amides is 1. The minimum absolute atomic E-state index is 0.0588. The molecule has 18 heteroatoms. The number of rotatable bonds is 6. The second-order valence-electron chi connectivity index (χ2n) is 11.3. The van der Waals surface area contributed by atoms with Crippen LogP contribution in [0.3, 0.4) is 0 Å². The molecule has 1 amide bonds. The van der Waals surface area contributed by atoms with Crippen LogP contribution in [-0.2, 0) is 20.8 Å². The van der Waals surface area contributed by atoms with Gasteiger partial charge in [-0.2, -0.15) is 23.4 Å². The lowest BCUT2D eigenvalue weighted by molar-refractivity contribution is -0.137. The molecule has 1 saturated heterocycles. The number of nitriles is 1. The maximum atomic E-state index is 16.0. The molecule has 1 aliphatic rings. The van der Waals surface area contributed by atoms with Gasteiger partial charge in [0, 0.05) is 31.6 Å². The number of aryl methyl sites for hydroxylation is 1. The van der Waals surface area contributed by atoms with Crippen molar-refractivity contribution in [3.63, 3.8) is 0 Å². The number of hydrogen-bond acceptors (Lipinski definition) is 9. The van der Waals surface area contributed by atoms with Crippen LogP contribution in [-0.4, -0.2) is 70.2 Å². The van der Waals surface area contributed by atoms with E-state index in [0.717, 1.165) is 29.5 Å². The van der Waals surface area contributed by atoms with Gasteiger partial charge in [0.1, 0.15) is 17.3 Å². The van der Waals surface area contributed by atoms with E-state index in [1.807, 2.05) is 6.07 Å². The van der Waals surface area contributed by atoms with E-state index in [-0.39, 0.29) is 42.1 Å². The van der Waals surface area contributed by atoms with Crippen LogP contribution in [0.1, 0.15) is 24.6 Å². The fourth-order valence-corrected chi connectivity index (χ4v) is 6.72. The zero-order valence-electron chi connectivity index (χ0n) is 25.9. The number of benzene rings is 1. The molecule has 1 aromatic carbocycles. The minimum atomic E-state index is -5.17. The van der Waals surface area contributed by atoms with Crippen molar-refractivity contribution < 1.29 is 39.6 Å². The summed E-state index contributed by atoms with van der Waals surface area (Å²) in [4.78, 5) is 40.8. The van der Waals surface area contributed by atoms with Gasteiger partial charge in [-0.05, 0) is 38.1 Å². The Hall–Kier alpha value is -5.31. The molecule has 0 aliphatic carbocycles. The highest BCUT2D eigenvalue weighted by molar-refractivity contribution is 7.90. The first-order valence-corrected chi connectivity index (χ1v) is 16.2. The summed E-state index contributed by atoms with van der Waals surface area (Å²) in [5.41, 5.74) is -6.25. The molecule has 0 saturated carbocycles. The Bertz CT molecular complexity index is 2250. The van der Waals surface area contributed by atoms with E-state index in [2.05, 4.69) is 21.5 Å². The molecule has 0 bridgehead atoms. The summed E-state index contributed by atoms with van der Waals surface area (Å²) in [5.74, 6) is -5.60. The number of pyridine rings is 2. The molecule has 0 radical (unpaired) electrons. The number of sulfone groups is 1. The van der Waals surface area contributed by atoms with Gasteiger partial charge >= 0.3 is 11.9 Å². The average molecular weight is 706 g/mol. The van der Waals surface area contributed by atoms with Crippen LogP contribution < -0.4 is 10.6 Å². The van der Waals surface area contributed by atoms with Crippen molar-refractivity contribution in [2.45, 2.75) is 43.4 Å². The van der Waals surface area contributed by atoms with E-state index >= 15 is 8.78 Å². The second-order valence-corrected chi connectivity index (χ2v) is 13.3. The fraction of sp³-hybridized carbons (Fsp3) is 0.290. The number of hydrogen-bond donors (Lipinski definition) is 0. The second kappa shape index (κ2) is 12.6. The third-order valence-corrected chi connectivity index (χ3v) is 9.11. The van der Waals surface area contributed by atoms with Crippen molar-refractivity contribution >= 4 is 32.6 Å². The molecule has 1 fully saturated rings. The summed E-state index contributed by atoms with van der Waals surface area (Å²) in [6.45, 7) is 5.42. The van der Waals surface area contributed by atoms with Gasteiger partial charge < -0.3 is 9.80 Å². The Kier molecular flexibility index (Phi) is 9.01. The number of fused-ring (bicyclic) bond motifs is 1. The number of alkyl halides is 3. The average Bonchev–Trinajstić information content (AvgIpc) is 3.00. The summed E-state index contributed by atoms with van der Waals surface area (Å²) in [7, 11) is -4.12. The van der Waals surface area contributed by atoms with Crippen molar-refractivity contribution in [2.75, 3.05) is 24.2 Å². The Labute approximate surface area is 274 Å². The largest absolute Gasteiger partial charge is 0.417 e. The van der Waals surface area contributed by atoms with E-state index in [1.165, 1.54) is 11.8 Å². The maximum Gasteiger partial charge on any atom is 0.417 e. The Morgan fingerprint density at radius 2 is 1.84 bits per heavy atom. The quantitative estimate of drug-likeness (QED) is 0.207. The number of halogens is 6. The Balaban J connectivity index is 1.89. The Morgan fingerprint density at radius 3 is 2.45 bits per heavy atom. The van der Waals surface area contributed by atoms with Gasteiger partial charge in [-0.3, -0.25) is 9.78 Å². The summed E-state index contributed by atoms with van der Waals surface area (Å²) >= 11 is 0. The van der Waals surface area contributed by atoms with Crippen LogP contribution in [0.5, 0.6) is 0 Å². The van der Waals surface area contributed by atoms with Crippen LogP contribution in [0.4, 0.5) is 32.2 Å². The Morgan fingerprint density at radius 1 is 1.14 bits per heavy atom. The third-order valence-electron chi connectivity index (χ3n) is 7.98. The zero-order valence-corrected chi connectivity index (χ0v) is 26.7. The van der Waals surface area contributed by atoms with Gasteiger partial charge in [-0.25, -0.2) is 35.9 Å². The molecule has 4 aromatic rings. The summed E-state index contributed by atoms with van der Waals surface area (Å²) in [6, 6.07) is 3.82. The van der Waals surface area contributed by atoms with Crippen LogP contribution in [0.25, 0.3) is 28.0 Å². The fourth-order valence-electron chi connectivity index (χ4n) is 5.83. The predicted octanol–water partition coefficient (Wildman–Crippen LogP) is 4.65. The molecule has 0 N–H and O–H groups in total. The van der Waals surface area contributed by atoms with Gasteiger partial charge in [-0.15, -0.1) is 0 Å². The first kappa shape index (κ1) is 35.0. The van der Waals surface area contributed by atoms with Gasteiger partial charge in [0.05, 0.1) is 51.3 Å². The van der Waals surface area contributed by atoms with Crippen LogP contribution >= 0.6 is 0 Å². The van der Waals surface area contributed by atoms with E-state index in [1.54, 1.807) is 6.92 Å². The monoisotopic (exact) mass is 705 g/mol. The van der Waals surface area contributed by atoms with Gasteiger partial charge in [-0.1, -0.05) is 12.6 Å². The molecule has 4 heterocycles. The number of carbonyl (C=O) groups is 1. The van der Waals surface area contributed by atoms with Crippen LogP contribution in [0.15, 0.2) is 58.6 Å². The smallest absolute Gasteiger partial charge is 0.349 e. The molecule has 5 rings (SSSR count). The van der Waals surface area contributed by atoms with Gasteiger partial charge in [0.25, 0.3) is 5.91 Å². The van der Waals surface area contributed by atoms with Crippen molar-refractivity contribution in [3.05, 3.63) is 82.3 Å². The SMILES string of the molecule is C=C(F)C(=O)N1C[C@H](C)N(c2nc(=O)n(-c3c(S(C)(=O)=O)ccnc3C)c3nc(-c4c(F)cccc4C(F)(F)F)c(F)cc23)CC1CC#N. The molecule has 256 valence electrons. The molecule has 49 heavy (non-hydrogen) atoms. The highest BCUT2D eigenvalue weighted by Gasteiger charge is 2.39. The molecule has 3 aromatic heterocycles. The first-order valence-electron chi connectivity index (χ1n) is 14.3. The summed E-state index contributed by atoms with van der Waals surface area (Å²) in [5, 5.41) is 9.11. The van der Waals surface area contributed by atoms with E-state index < -0.39 is 84.5 Å². The lowest BCUT2D eigenvalue weighted by Crippen LogP contribution is -2.59. The minimum Gasteiger partial charge on any atom is -0.349 e. The normalized spacial score (nSPS) is 16.9. The molecule has 1 aliphatic heterocycles. The zero-order chi connectivity index (χ0) is 36.2. The van der Waals surface area contributed by atoms with E-state index in [0.29, 0.717) is 22.8 Å². The standard InChI is InChI=1S/C31H25F6N7O4S/c1-15-13-43(29(45)16(2)32)18(8-10-38)14-42(15)27-19-12-22(34)25(24-20(31(35,36)37)6-5-7-21(24)33)40-28(19)44(30(46)41-27)26-17(3)39-11-9-23(26)49(4,47)48/h5-7,9,11-12,15,18H,2,8,13-14H2,1,3-4H3/t15-,18?/m0/s1. The summed E-state index contributed by atoms with van der Waals surface area (Å²) < 4.78 is 114. The molecule has 2 atom stereocenters. The van der Waals surface area contributed by atoms with E-state index in [4.69, 9.17) is 0 Å². The number of carbonyl (C=O) groups excluding carboxylic acids is 1. The highest BCUT2D eigenvalue weighted by Crippen LogP contribution is 2.40. The molecular weight excluding hydrogens is 680 g/mol. The first-order chi connectivity index (χ1) is 22.9. The van der Waals surface area contributed by atoms with Crippen molar-refractivity contribution in [2.24, 2.45) is 0 Å². The highest BCUT2D eigenvalue weighted by atomic mass is 32.2. The molecule has 1 unspecified atom stereocenters. The topological polar surface area (TPSA) is 142 Å². The van der Waals surface area contributed by atoms with E-state index in [9.17, 15) is 40.8 Å². The third kappa shape index (κ3) is 6.33. The van der Waals surface area contributed by atoms with Gasteiger partial charge in [0.15, 0.2) is 27.1 Å². The number of piperazine rings is 1. The lowest BCUT2D eigenvalue weighted by Gasteiger charge is -2.45. The number of nitrogens with zero attached hydrogens (tertiary/aromatic N) is 7. The molecular formula is C31H25F6N7O4S. The molecule has 0 spiro atoms. The van der Waals surface area contributed by atoms with Crippen molar-refractivity contribution in [1.29, 1.82) is 5.26 Å². The lowest BCUT2D eigenvalue weighted by atomic mass is 10.0. The summed E-state index contributed by atoms with van der Waals surface area (Å²) in [6.07, 6.45) is -3.51. The van der Waals surface area contributed by atoms with Crippen molar-refractivity contribution in [3.8, 4) is 23.0 Å². The number of aromatic nitrogens is 4. The van der Waals surface area contributed by atoms with Crippen molar-refractivity contribution in [1.82, 2.24) is 24.4 Å². The number of anilines is 1. The van der Waals surface area contributed by atoms with Gasteiger partial charge in [0.2, 0.25) is 0 Å². The predicted molar refractivity (Wildman–Crippen MR) is 164 cm³/mol. The molecule has 11 nitrogen and oxygen atoms in total. The maximum absolute atomic E-state index is 16.0.